The highest BCUT2D eigenvalue weighted by Crippen LogP contribution is 2.23. The van der Waals surface area contributed by atoms with E-state index in [1.54, 1.807) is 0 Å². The molecular formula is C9H19NO. The first-order chi connectivity index (χ1) is 4.91. The van der Waals surface area contributed by atoms with Gasteiger partial charge in [-0.1, -0.05) is 6.92 Å². The lowest BCUT2D eigenvalue weighted by atomic mass is 10.1. The molecule has 1 rings (SSSR count). The molecule has 2 heteroatoms. The van der Waals surface area contributed by atoms with Gasteiger partial charge in [0, 0.05) is 18.6 Å². The SMILES string of the molecule is CC1CN(C(C)(C)C)CC1O. The summed E-state index contributed by atoms with van der Waals surface area (Å²) < 4.78 is 0. The van der Waals surface area contributed by atoms with Gasteiger partial charge < -0.3 is 5.11 Å². The molecule has 0 radical (unpaired) electrons. The van der Waals surface area contributed by atoms with Gasteiger partial charge in [0.25, 0.3) is 0 Å². The summed E-state index contributed by atoms with van der Waals surface area (Å²) in [6, 6.07) is 0. The molecule has 1 saturated heterocycles. The van der Waals surface area contributed by atoms with E-state index < -0.39 is 0 Å². The Kier molecular flexibility index (Phi) is 2.26. The predicted molar refractivity (Wildman–Crippen MR) is 46.5 cm³/mol. The quantitative estimate of drug-likeness (QED) is 0.569. The lowest BCUT2D eigenvalue weighted by molar-refractivity contribution is 0.124. The summed E-state index contributed by atoms with van der Waals surface area (Å²) in [7, 11) is 0. The van der Waals surface area contributed by atoms with E-state index in [0.717, 1.165) is 13.1 Å². The second-order valence-electron chi connectivity index (χ2n) is 4.62. The lowest BCUT2D eigenvalue weighted by Crippen LogP contribution is -2.40. The van der Waals surface area contributed by atoms with Gasteiger partial charge in [0.05, 0.1) is 6.10 Å². The van der Waals surface area contributed by atoms with Crippen LogP contribution in [0.1, 0.15) is 27.7 Å². The van der Waals surface area contributed by atoms with Crippen LogP contribution in [0.2, 0.25) is 0 Å². The van der Waals surface area contributed by atoms with Crippen molar-refractivity contribution in [1.82, 2.24) is 4.90 Å². The average molecular weight is 157 g/mol. The first-order valence-corrected chi connectivity index (χ1v) is 4.34. The largest absolute Gasteiger partial charge is 0.391 e. The number of hydrogen-bond donors (Lipinski definition) is 1. The average Bonchev–Trinajstić information content (AvgIpc) is 2.11. The van der Waals surface area contributed by atoms with E-state index in [1.807, 2.05) is 0 Å². The van der Waals surface area contributed by atoms with E-state index in [0.29, 0.717) is 5.92 Å². The van der Waals surface area contributed by atoms with Gasteiger partial charge in [-0.2, -0.15) is 0 Å². The van der Waals surface area contributed by atoms with Crippen LogP contribution in [-0.2, 0) is 0 Å². The Balaban J connectivity index is 2.54. The highest BCUT2D eigenvalue weighted by atomic mass is 16.3. The molecule has 0 bridgehead atoms. The lowest BCUT2D eigenvalue weighted by Gasteiger charge is -2.31. The summed E-state index contributed by atoms with van der Waals surface area (Å²) in [5, 5.41) is 9.49. The van der Waals surface area contributed by atoms with Gasteiger partial charge in [0.1, 0.15) is 0 Å². The second kappa shape index (κ2) is 2.76. The third-order valence-corrected chi connectivity index (χ3v) is 2.52. The zero-order valence-corrected chi connectivity index (χ0v) is 7.96. The van der Waals surface area contributed by atoms with E-state index in [1.165, 1.54) is 0 Å². The zero-order valence-electron chi connectivity index (χ0n) is 7.96. The fraction of sp³-hybridized carbons (Fsp3) is 1.00. The zero-order chi connectivity index (χ0) is 8.65. The number of likely N-dealkylation sites (tertiary alicyclic amines) is 1. The third kappa shape index (κ3) is 1.94. The second-order valence-corrected chi connectivity index (χ2v) is 4.62. The van der Waals surface area contributed by atoms with E-state index in [2.05, 4.69) is 32.6 Å². The van der Waals surface area contributed by atoms with E-state index in [4.69, 9.17) is 0 Å². The molecule has 1 fully saturated rings. The maximum Gasteiger partial charge on any atom is 0.0705 e. The number of aliphatic hydroxyl groups excluding tert-OH is 1. The molecule has 2 atom stereocenters. The Hall–Kier alpha value is -0.0800. The smallest absolute Gasteiger partial charge is 0.0705 e. The van der Waals surface area contributed by atoms with Crippen LogP contribution in [0.5, 0.6) is 0 Å². The molecule has 0 aromatic heterocycles. The minimum atomic E-state index is -0.116. The molecular weight excluding hydrogens is 138 g/mol. The van der Waals surface area contributed by atoms with Gasteiger partial charge in [0.15, 0.2) is 0 Å². The summed E-state index contributed by atoms with van der Waals surface area (Å²) in [6.45, 7) is 10.6. The van der Waals surface area contributed by atoms with Gasteiger partial charge in [-0.05, 0) is 26.7 Å². The highest BCUT2D eigenvalue weighted by Gasteiger charge is 2.33. The Labute approximate surface area is 69.2 Å². The molecule has 0 amide bonds. The van der Waals surface area contributed by atoms with Crippen LogP contribution in [0, 0.1) is 5.92 Å². The van der Waals surface area contributed by atoms with Gasteiger partial charge in [0.2, 0.25) is 0 Å². The normalized spacial score (nSPS) is 34.6. The molecule has 0 saturated carbocycles. The van der Waals surface area contributed by atoms with E-state index >= 15 is 0 Å². The van der Waals surface area contributed by atoms with Crippen molar-refractivity contribution in [3.05, 3.63) is 0 Å². The van der Waals surface area contributed by atoms with Gasteiger partial charge in [-0.15, -0.1) is 0 Å². The number of hydrogen-bond acceptors (Lipinski definition) is 2. The van der Waals surface area contributed by atoms with Crippen LogP contribution in [-0.4, -0.2) is 34.7 Å². The molecule has 2 nitrogen and oxygen atoms in total. The van der Waals surface area contributed by atoms with Crippen molar-refractivity contribution in [2.24, 2.45) is 5.92 Å². The number of β-amino-alcohol motifs (C(OH)–C–C–N with tert-alkyl or cyclic N) is 1. The van der Waals surface area contributed by atoms with Gasteiger partial charge in [-0.25, -0.2) is 0 Å². The van der Waals surface area contributed by atoms with Crippen molar-refractivity contribution in [3.8, 4) is 0 Å². The van der Waals surface area contributed by atoms with Crippen LogP contribution in [0.4, 0.5) is 0 Å². The minimum Gasteiger partial charge on any atom is -0.391 e. The summed E-state index contributed by atoms with van der Waals surface area (Å²) in [5.74, 6) is 0.439. The van der Waals surface area contributed by atoms with Crippen molar-refractivity contribution in [1.29, 1.82) is 0 Å². The summed E-state index contributed by atoms with van der Waals surface area (Å²) in [5.41, 5.74) is 0.214. The molecule has 2 unspecified atom stereocenters. The first-order valence-electron chi connectivity index (χ1n) is 4.34. The topological polar surface area (TPSA) is 23.5 Å². The molecule has 1 N–H and O–H groups in total. The molecule has 1 heterocycles. The van der Waals surface area contributed by atoms with Gasteiger partial charge >= 0.3 is 0 Å². The number of rotatable bonds is 0. The predicted octanol–water partition coefficient (Wildman–Crippen LogP) is 1.10. The molecule has 1 aliphatic rings. The Morgan fingerprint density at radius 3 is 2.00 bits per heavy atom. The van der Waals surface area contributed by atoms with Crippen molar-refractivity contribution >= 4 is 0 Å². The Morgan fingerprint density at radius 2 is 1.82 bits per heavy atom. The van der Waals surface area contributed by atoms with Crippen molar-refractivity contribution in [3.63, 3.8) is 0 Å². The van der Waals surface area contributed by atoms with Crippen LogP contribution in [0.25, 0.3) is 0 Å². The third-order valence-electron chi connectivity index (χ3n) is 2.52. The van der Waals surface area contributed by atoms with Crippen molar-refractivity contribution < 1.29 is 5.11 Å². The van der Waals surface area contributed by atoms with Crippen molar-refractivity contribution in [2.45, 2.75) is 39.3 Å². The summed E-state index contributed by atoms with van der Waals surface area (Å²) in [6.07, 6.45) is -0.116. The molecule has 66 valence electrons. The molecule has 0 aromatic carbocycles. The first kappa shape index (κ1) is 9.01. The molecule has 0 spiro atoms. The van der Waals surface area contributed by atoms with Crippen LogP contribution < -0.4 is 0 Å². The minimum absolute atomic E-state index is 0.116. The summed E-state index contributed by atoms with van der Waals surface area (Å²) in [4.78, 5) is 2.34. The Morgan fingerprint density at radius 1 is 1.27 bits per heavy atom. The fourth-order valence-electron chi connectivity index (χ4n) is 1.50. The standard InChI is InChI=1S/C9H19NO/c1-7-5-10(6-8(7)11)9(2,3)4/h7-8,11H,5-6H2,1-4H3. The number of nitrogens with zero attached hydrogens (tertiary/aromatic N) is 1. The van der Waals surface area contributed by atoms with Crippen LogP contribution in [0.3, 0.4) is 0 Å². The highest BCUT2D eigenvalue weighted by molar-refractivity contribution is 4.87. The maximum absolute atomic E-state index is 9.49. The molecule has 0 aromatic rings. The molecule has 0 aliphatic carbocycles. The van der Waals surface area contributed by atoms with E-state index in [9.17, 15) is 5.11 Å². The molecule has 1 aliphatic heterocycles. The van der Waals surface area contributed by atoms with E-state index in [-0.39, 0.29) is 11.6 Å². The Bertz CT molecular complexity index is 129. The fourth-order valence-corrected chi connectivity index (χ4v) is 1.50. The molecule has 11 heavy (non-hydrogen) atoms. The van der Waals surface area contributed by atoms with Gasteiger partial charge in [-0.3, -0.25) is 4.90 Å². The number of aliphatic hydroxyl groups is 1. The maximum atomic E-state index is 9.49. The monoisotopic (exact) mass is 157 g/mol. The van der Waals surface area contributed by atoms with Crippen molar-refractivity contribution in [2.75, 3.05) is 13.1 Å². The summed E-state index contributed by atoms with van der Waals surface area (Å²) >= 11 is 0. The van der Waals surface area contributed by atoms with Crippen LogP contribution >= 0.6 is 0 Å². The van der Waals surface area contributed by atoms with Crippen LogP contribution in [0.15, 0.2) is 0 Å².